The van der Waals surface area contributed by atoms with Gasteiger partial charge in [0.1, 0.15) is 5.75 Å². The fourth-order valence-corrected chi connectivity index (χ4v) is 8.99. The third kappa shape index (κ3) is 4.35. The summed E-state index contributed by atoms with van der Waals surface area (Å²) in [7, 11) is 0. The third-order valence-corrected chi connectivity index (χ3v) is 11.0. The van der Waals surface area contributed by atoms with Gasteiger partial charge in [-0.05, 0) is 79.3 Å². The highest BCUT2D eigenvalue weighted by atomic mass is 16.5. The van der Waals surface area contributed by atoms with Gasteiger partial charge >= 0.3 is 0 Å². The Morgan fingerprint density at radius 3 is 1.51 bits per heavy atom. The summed E-state index contributed by atoms with van der Waals surface area (Å²) in [6, 6.07) is 39.9. The summed E-state index contributed by atoms with van der Waals surface area (Å²) in [5, 5.41) is 0. The molecule has 2 amide bonds. The molecule has 5 aromatic rings. The number of ether oxygens (including phenoxy) is 1. The van der Waals surface area contributed by atoms with E-state index in [1.54, 1.807) is 18.2 Å². The highest BCUT2D eigenvalue weighted by Gasteiger charge is 2.82. The number of allylic oxidation sites excluding steroid dienone is 2. The zero-order chi connectivity index (χ0) is 35.7. The van der Waals surface area contributed by atoms with Crippen molar-refractivity contribution in [1.82, 2.24) is 0 Å². The molecule has 2 bridgehead atoms. The standard InChI is InChI=1S/C45H37NO5/c1-5-51-36-25-24-32(29(4)47)26-35(36)46-41(48)39-40(42(46)49)45(34-14-10-7-11-15-34)38(31-22-18-28(3)19-23-31)37(30-20-16-27(2)17-21-30)44(39,43(45)50)33-12-8-6-9-13-33/h6-26,39-40H,5H2,1-4H3/t39-,40+,44-,45-/m0/s1. The molecule has 5 aromatic carbocycles. The first kappa shape index (κ1) is 32.3. The van der Waals surface area contributed by atoms with Crippen LogP contribution >= 0.6 is 0 Å². The number of anilines is 1. The van der Waals surface area contributed by atoms with E-state index in [9.17, 15) is 4.79 Å². The van der Waals surface area contributed by atoms with Gasteiger partial charge in [-0.1, -0.05) is 120 Å². The Morgan fingerprint density at radius 1 is 0.647 bits per heavy atom. The number of ketones is 2. The van der Waals surface area contributed by atoms with E-state index in [2.05, 4.69) is 0 Å². The fraction of sp³-hybridized carbons (Fsp3) is 0.200. The van der Waals surface area contributed by atoms with E-state index in [0.717, 1.165) is 33.4 Å². The van der Waals surface area contributed by atoms with Gasteiger partial charge in [0.25, 0.3) is 0 Å². The maximum atomic E-state index is 16.1. The van der Waals surface area contributed by atoms with Crippen LogP contribution < -0.4 is 9.64 Å². The van der Waals surface area contributed by atoms with Crippen LogP contribution in [-0.4, -0.2) is 30.0 Å². The van der Waals surface area contributed by atoms with Crippen LogP contribution in [0.3, 0.4) is 0 Å². The summed E-state index contributed by atoms with van der Waals surface area (Å²) in [4.78, 5) is 60.8. The summed E-state index contributed by atoms with van der Waals surface area (Å²) in [6.45, 7) is 7.58. The molecule has 51 heavy (non-hydrogen) atoms. The van der Waals surface area contributed by atoms with E-state index in [1.165, 1.54) is 11.8 Å². The second-order valence-corrected chi connectivity index (χ2v) is 13.8. The van der Waals surface area contributed by atoms with Gasteiger partial charge < -0.3 is 4.74 Å². The number of rotatable bonds is 8. The SMILES string of the molecule is CCOc1ccc(C(C)=O)cc1N1C(=O)[C@@H]2[C@H](C1=O)[C@@]1(c3ccccc3)C(=O)[C@@]2(c2ccccc2)C(c2ccc(C)cc2)=C1c1ccc(C)cc1. The lowest BCUT2D eigenvalue weighted by Gasteiger charge is -2.39. The van der Waals surface area contributed by atoms with Crippen LogP contribution in [0, 0.1) is 25.7 Å². The smallest absolute Gasteiger partial charge is 0.239 e. The predicted octanol–water partition coefficient (Wildman–Crippen LogP) is 8.09. The molecule has 2 fully saturated rings. The summed E-state index contributed by atoms with van der Waals surface area (Å²) >= 11 is 0. The second-order valence-electron chi connectivity index (χ2n) is 13.8. The van der Waals surface area contributed by atoms with Crippen molar-refractivity contribution in [3.63, 3.8) is 0 Å². The molecule has 0 spiro atoms. The van der Waals surface area contributed by atoms with Gasteiger partial charge in [-0.3, -0.25) is 19.2 Å². The third-order valence-electron chi connectivity index (χ3n) is 11.0. The largest absolute Gasteiger partial charge is 0.492 e. The van der Waals surface area contributed by atoms with Crippen molar-refractivity contribution < 1.29 is 23.9 Å². The van der Waals surface area contributed by atoms with Crippen LogP contribution in [0.25, 0.3) is 11.1 Å². The van der Waals surface area contributed by atoms with Gasteiger partial charge in [0.2, 0.25) is 11.8 Å². The first-order valence-electron chi connectivity index (χ1n) is 17.4. The molecule has 6 heteroatoms. The number of carbonyl (C=O) groups excluding carboxylic acids is 4. The molecule has 0 N–H and O–H groups in total. The molecule has 4 atom stereocenters. The fourth-order valence-electron chi connectivity index (χ4n) is 8.99. The normalized spacial score (nSPS) is 23.6. The molecule has 1 saturated carbocycles. The summed E-state index contributed by atoms with van der Waals surface area (Å²) < 4.78 is 5.98. The van der Waals surface area contributed by atoms with Crippen molar-refractivity contribution in [3.05, 3.63) is 166 Å². The quantitative estimate of drug-likeness (QED) is 0.123. The maximum absolute atomic E-state index is 16.1. The molecule has 1 aliphatic heterocycles. The molecule has 0 aromatic heterocycles. The molecule has 1 heterocycles. The number of aryl methyl sites for hydroxylation is 2. The molecule has 0 radical (unpaired) electrons. The molecule has 6 nitrogen and oxygen atoms in total. The van der Waals surface area contributed by atoms with Crippen LogP contribution in [0.1, 0.15) is 57.6 Å². The van der Waals surface area contributed by atoms with Crippen molar-refractivity contribution in [2.24, 2.45) is 11.8 Å². The maximum Gasteiger partial charge on any atom is 0.239 e. The van der Waals surface area contributed by atoms with Crippen LogP contribution in [0.2, 0.25) is 0 Å². The number of amides is 2. The number of nitrogens with zero attached hydrogens (tertiary/aromatic N) is 1. The number of carbonyl (C=O) groups is 4. The van der Waals surface area contributed by atoms with Crippen molar-refractivity contribution in [2.45, 2.75) is 38.5 Å². The van der Waals surface area contributed by atoms with E-state index in [0.29, 0.717) is 22.4 Å². The lowest BCUT2D eigenvalue weighted by atomic mass is 9.59. The lowest BCUT2D eigenvalue weighted by molar-refractivity contribution is -0.130. The first-order chi connectivity index (χ1) is 24.7. The molecule has 8 rings (SSSR count). The summed E-state index contributed by atoms with van der Waals surface area (Å²) in [5.74, 6) is -3.22. The molecular weight excluding hydrogens is 634 g/mol. The van der Waals surface area contributed by atoms with Crippen molar-refractivity contribution in [3.8, 4) is 5.75 Å². The van der Waals surface area contributed by atoms with E-state index >= 15 is 14.4 Å². The number of benzene rings is 5. The minimum absolute atomic E-state index is 0.183. The van der Waals surface area contributed by atoms with Crippen LogP contribution in [0.15, 0.2) is 127 Å². The van der Waals surface area contributed by atoms with Gasteiger partial charge in [0, 0.05) is 5.56 Å². The Labute approximate surface area is 297 Å². The van der Waals surface area contributed by atoms with Gasteiger partial charge in [-0.15, -0.1) is 0 Å². The summed E-state index contributed by atoms with van der Waals surface area (Å²) in [5.41, 5.74) is 4.04. The Kier molecular flexibility index (Phi) is 7.53. The molecule has 1 saturated heterocycles. The average Bonchev–Trinajstić information content (AvgIpc) is 3.65. The van der Waals surface area contributed by atoms with Crippen LogP contribution in [0.5, 0.6) is 5.75 Å². The topological polar surface area (TPSA) is 80.8 Å². The van der Waals surface area contributed by atoms with Crippen molar-refractivity contribution in [2.75, 3.05) is 11.5 Å². The van der Waals surface area contributed by atoms with E-state index in [4.69, 9.17) is 4.74 Å². The Morgan fingerprint density at radius 2 is 1.10 bits per heavy atom. The van der Waals surface area contributed by atoms with Gasteiger partial charge in [-0.2, -0.15) is 0 Å². The Bertz CT molecular complexity index is 2150. The Balaban J connectivity index is 1.53. The molecular formula is C45H37NO5. The minimum Gasteiger partial charge on any atom is -0.492 e. The number of imide groups is 1. The number of Topliss-reactive ketones (excluding diaryl/α,β-unsaturated/α-hetero) is 2. The number of fused-ring (bicyclic) bond motifs is 5. The van der Waals surface area contributed by atoms with Crippen LogP contribution in [0.4, 0.5) is 5.69 Å². The summed E-state index contributed by atoms with van der Waals surface area (Å²) in [6.07, 6.45) is 0. The Hall–Kier alpha value is -5.88. The molecule has 2 aliphatic carbocycles. The first-order valence-corrected chi connectivity index (χ1v) is 17.4. The number of hydrogen-bond donors (Lipinski definition) is 0. The highest BCUT2D eigenvalue weighted by Crippen LogP contribution is 2.74. The molecule has 3 aliphatic rings. The highest BCUT2D eigenvalue weighted by molar-refractivity contribution is 6.39. The zero-order valence-electron chi connectivity index (χ0n) is 29.0. The van der Waals surface area contributed by atoms with Crippen molar-refractivity contribution >= 4 is 40.2 Å². The molecule has 252 valence electrons. The van der Waals surface area contributed by atoms with Gasteiger partial charge in [-0.25, -0.2) is 4.90 Å². The average molecular weight is 672 g/mol. The monoisotopic (exact) mass is 671 g/mol. The van der Waals surface area contributed by atoms with Crippen LogP contribution in [-0.2, 0) is 25.2 Å². The van der Waals surface area contributed by atoms with Gasteiger partial charge in [0.15, 0.2) is 11.6 Å². The second kappa shape index (κ2) is 11.9. The number of hydrogen-bond acceptors (Lipinski definition) is 5. The van der Waals surface area contributed by atoms with Crippen molar-refractivity contribution in [1.29, 1.82) is 0 Å². The predicted molar refractivity (Wildman–Crippen MR) is 198 cm³/mol. The zero-order valence-corrected chi connectivity index (χ0v) is 29.0. The van der Waals surface area contributed by atoms with E-state index in [1.807, 2.05) is 130 Å². The van der Waals surface area contributed by atoms with E-state index in [-0.39, 0.29) is 23.9 Å². The minimum atomic E-state index is -1.53. The molecule has 0 unspecified atom stereocenters. The lowest BCUT2D eigenvalue weighted by Crippen LogP contribution is -2.45. The van der Waals surface area contributed by atoms with Gasteiger partial charge in [0.05, 0.1) is 35.0 Å². The van der Waals surface area contributed by atoms with E-state index < -0.39 is 34.5 Å².